The summed E-state index contributed by atoms with van der Waals surface area (Å²) in [6, 6.07) is 11.3. The summed E-state index contributed by atoms with van der Waals surface area (Å²) in [6.45, 7) is 4.21. The smallest absolute Gasteiger partial charge is 0.334 e. The maximum absolute atomic E-state index is 12.1. The number of nitrogens with one attached hydrogen (secondary N) is 1. The Bertz CT molecular complexity index is 537. The molecule has 2 rings (SSSR count). The summed E-state index contributed by atoms with van der Waals surface area (Å²) >= 11 is 1.55. The lowest BCUT2D eigenvalue weighted by molar-refractivity contribution is -0.144. The molecule has 1 N–H and O–H groups in total. The van der Waals surface area contributed by atoms with E-state index in [-0.39, 0.29) is 5.97 Å². The van der Waals surface area contributed by atoms with Gasteiger partial charge in [-0.3, -0.25) is 0 Å². The van der Waals surface area contributed by atoms with Crippen LogP contribution in [0.4, 0.5) is 5.69 Å². The van der Waals surface area contributed by atoms with Crippen molar-refractivity contribution in [3.05, 3.63) is 52.2 Å². The van der Waals surface area contributed by atoms with Gasteiger partial charge in [0.05, 0.1) is 6.61 Å². The highest BCUT2D eigenvalue weighted by Crippen LogP contribution is 2.26. The molecule has 0 radical (unpaired) electrons. The molecule has 0 saturated heterocycles. The normalized spacial score (nSPS) is 11.9. The number of rotatable bonds is 5. The number of carbonyl (C=O) groups excluding carboxylic acids is 1. The van der Waals surface area contributed by atoms with Crippen molar-refractivity contribution in [1.82, 2.24) is 0 Å². The number of para-hydroxylation sites is 1. The second-order valence-electron chi connectivity index (χ2n) is 4.16. The third kappa shape index (κ3) is 3.35. The first-order chi connectivity index (χ1) is 9.22. The lowest BCUT2D eigenvalue weighted by Crippen LogP contribution is -2.22. The zero-order valence-corrected chi connectivity index (χ0v) is 11.9. The van der Waals surface area contributed by atoms with Gasteiger partial charge in [0.15, 0.2) is 6.04 Å². The Morgan fingerprint density at radius 3 is 2.74 bits per heavy atom. The van der Waals surface area contributed by atoms with Crippen LogP contribution in [0.25, 0.3) is 0 Å². The van der Waals surface area contributed by atoms with Crippen LogP contribution >= 0.6 is 11.3 Å². The standard InChI is InChI=1S/C15H17NO2S/c1-3-18-15(17)14(13-9-6-10-19-13)16-12-8-5-4-7-11(12)2/h4-10,14,16H,3H2,1-2H3. The Morgan fingerprint density at radius 1 is 1.32 bits per heavy atom. The Hall–Kier alpha value is -1.81. The number of carbonyl (C=O) groups is 1. The molecule has 1 aromatic carbocycles. The molecule has 0 saturated carbocycles. The van der Waals surface area contributed by atoms with Crippen molar-refractivity contribution in [2.45, 2.75) is 19.9 Å². The van der Waals surface area contributed by atoms with Gasteiger partial charge < -0.3 is 10.1 Å². The second-order valence-corrected chi connectivity index (χ2v) is 5.14. The lowest BCUT2D eigenvalue weighted by Gasteiger charge is -2.18. The zero-order valence-electron chi connectivity index (χ0n) is 11.1. The molecule has 2 aromatic rings. The predicted molar refractivity (Wildman–Crippen MR) is 78.5 cm³/mol. The maximum atomic E-state index is 12.1. The Labute approximate surface area is 117 Å². The fourth-order valence-corrected chi connectivity index (χ4v) is 2.58. The first-order valence-corrected chi connectivity index (χ1v) is 7.12. The first kappa shape index (κ1) is 13.6. The van der Waals surface area contributed by atoms with Crippen LogP contribution in [0.2, 0.25) is 0 Å². The molecule has 3 nitrogen and oxygen atoms in total. The van der Waals surface area contributed by atoms with Gasteiger partial charge in [-0.2, -0.15) is 0 Å². The van der Waals surface area contributed by atoms with E-state index in [0.717, 1.165) is 16.1 Å². The van der Waals surface area contributed by atoms with E-state index in [0.29, 0.717) is 6.61 Å². The lowest BCUT2D eigenvalue weighted by atomic mass is 10.1. The van der Waals surface area contributed by atoms with Crippen molar-refractivity contribution < 1.29 is 9.53 Å². The number of ether oxygens (including phenoxy) is 1. The zero-order chi connectivity index (χ0) is 13.7. The summed E-state index contributed by atoms with van der Waals surface area (Å²) in [6.07, 6.45) is 0. The van der Waals surface area contributed by atoms with E-state index in [1.54, 1.807) is 11.3 Å². The number of aryl methyl sites for hydroxylation is 1. The third-order valence-corrected chi connectivity index (χ3v) is 3.73. The number of anilines is 1. The minimum absolute atomic E-state index is 0.242. The number of benzene rings is 1. The Morgan fingerprint density at radius 2 is 2.11 bits per heavy atom. The number of esters is 1. The minimum atomic E-state index is -0.443. The molecule has 1 heterocycles. The minimum Gasteiger partial charge on any atom is -0.464 e. The third-order valence-electron chi connectivity index (χ3n) is 2.79. The van der Waals surface area contributed by atoms with Gasteiger partial charge in [-0.15, -0.1) is 11.3 Å². The molecule has 0 bridgehead atoms. The highest BCUT2D eigenvalue weighted by Gasteiger charge is 2.23. The summed E-state index contributed by atoms with van der Waals surface area (Å²) in [5.74, 6) is -0.242. The predicted octanol–water partition coefficient (Wildman–Crippen LogP) is 3.77. The molecule has 0 aliphatic carbocycles. The van der Waals surface area contributed by atoms with Crippen LogP contribution in [-0.2, 0) is 9.53 Å². The number of thiophene rings is 1. The molecular formula is C15H17NO2S. The Kier molecular flexibility index (Phi) is 4.58. The highest BCUT2D eigenvalue weighted by molar-refractivity contribution is 7.10. The van der Waals surface area contributed by atoms with Gasteiger partial charge in [-0.1, -0.05) is 24.3 Å². The summed E-state index contributed by atoms with van der Waals surface area (Å²) in [5.41, 5.74) is 2.06. The molecule has 0 spiro atoms. The molecule has 0 amide bonds. The van der Waals surface area contributed by atoms with Crippen LogP contribution < -0.4 is 5.32 Å². The molecule has 0 aliphatic rings. The van der Waals surface area contributed by atoms with Gasteiger partial charge in [0.25, 0.3) is 0 Å². The fourth-order valence-electron chi connectivity index (χ4n) is 1.82. The summed E-state index contributed by atoms with van der Waals surface area (Å²) in [5, 5.41) is 5.23. The van der Waals surface area contributed by atoms with Crippen LogP contribution in [0.5, 0.6) is 0 Å². The van der Waals surface area contributed by atoms with Gasteiger partial charge in [-0.05, 0) is 36.9 Å². The molecule has 0 aliphatic heterocycles. The Balaban J connectivity index is 2.24. The largest absolute Gasteiger partial charge is 0.464 e. The van der Waals surface area contributed by atoms with Crippen molar-refractivity contribution in [2.24, 2.45) is 0 Å². The van der Waals surface area contributed by atoms with Crippen LogP contribution in [0.3, 0.4) is 0 Å². The SMILES string of the molecule is CCOC(=O)C(Nc1ccccc1C)c1cccs1. The van der Waals surface area contributed by atoms with E-state index in [9.17, 15) is 4.79 Å². The second kappa shape index (κ2) is 6.38. The first-order valence-electron chi connectivity index (χ1n) is 6.24. The van der Waals surface area contributed by atoms with E-state index in [1.165, 1.54) is 0 Å². The average Bonchev–Trinajstić information content (AvgIpc) is 2.91. The van der Waals surface area contributed by atoms with Crippen molar-refractivity contribution in [3.63, 3.8) is 0 Å². The molecule has 19 heavy (non-hydrogen) atoms. The topological polar surface area (TPSA) is 38.3 Å². The van der Waals surface area contributed by atoms with Crippen molar-refractivity contribution >= 4 is 23.0 Å². The molecule has 1 aromatic heterocycles. The van der Waals surface area contributed by atoms with Crippen LogP contribution in [-0.4, -0.2) is 12.6 Å². The van der Waals surface area contributed by atoms with Crippen LogP contribution in [0, 0.1) is 6.92 Å². The van der Waals surface area contributed by atoms with E-state index < -0.39 is 6.04 Å². The summed E-state index contributed by atoms with van der Waals surface area (Å²) < 4.78 is 5.15. The van der Waals surface area contributed by atoms with E-state index in [4.69, 9.17) is 4.74 Å². The van der Waals surface area contributed by atoms with E-state index >= 15 is 0 Å². The van der Waals surface area contributed by atoms with Gasteiger partial charge >= 0.3 is 5.97 Å². The number of hydrogen-bond acceptors (Lipinski definition) is 4. The molecular weight excluding hydrogens is 258 g/mol. The molecule has 4 heteroatoms. The highest BCUT2D eigenvalue weighted by atomic mass is 32.1. The molecule has 100 valence electrons. The van der Waals surface area contributed by atoms with Crippen LogP contribution in [0.15, 0.2) is 41.8 Å². The van der Waals surface area contributed by atoms with Crippen molar-refractivity contribution in [3.8, 4) is 0 Å². The van der Waals surface area contributed by atoms with Crippen LogP contribution in [0.1, 0.15) is 23.4 Å². The van der Waals surface area contributed by atoms with Gasteiger partial charge in [0.1, 0.15) is 0 Å². The monoisotopic (exact) mass is 275 g/mol. The van der Waals surface area contributed by atoms with Gasteiger partial charge in [-0.25, -0.2) is 4.79 Å². The van der Waals surface area contributed by atoms with E-state index in [2.05, 4.69) is 5.32 Å². The molecule has 1 unspecified atom stereocenters. The maximum Gasteiger partial charge on any atom is 0.334 e. The summed E-state index contributed by atoms with van der Waals surface area (Å²) in [7, 11) is 0. The van der Waals surface area contributed by atoms with Gasteiger partial charge in [0.2, 0.25) is 0 Å². The molecule has 1 atom stereocenters. The summed E-state index contributed by atoms with van der Waals surface area (Å²) in [4.78, 5) is 13.0. The number of hydrogen-bond donors (Lipinski definition) is 1. The van der Waals surface area contributed by atoms with Crippen molar-refractivity contribution in [2.75, 3.05) is 11.9 Å². The van der Waals surface area contributed by atoms with E-state index in [1.807, 2.05) is 55.6 Å². The average molecular weight is 275 g/mol. The molecule has 0 fully saturated rings. The fraction of sp³-hybridized carbons (Fsp3) is 0.267. The quantitative estimate of drug-likeness (QED) is 0.844. The van der Waals surface area contributed by atoms with Crippen molar-refractivity contribution in [1.29, 1.82) is 0 Å². The van der Waals surface area contributed by atoms with Gasteiger partial charge in [0, 0.05) is 10.6 Å².